The van der Waals surface area contributed by atoms with Gasteiger partial charge in [-0.15, -0.1) is 11.6 Å². The minimum Gasteiger partial charge on any atom is -0.491 e. The lowest BCUT2D eigenvalue weighted by Crippen LogP contribution is -2.40. The highest BCUT2D eigenvalue weighted by Gasteiger charge is 2.24. The molecule has 7 N–H and O–H groups in total. The number of rotatable bonds is 13. The summed E-state index contributed by atoms with van der Waals surface area (Å²) in [6.07, 6.45) is -0.396. The van der Waals surface area contributed by atoms with Gasteiger partial charge in [-0.25, -0.2) is 5.84 Å². The molecule has 2 aromatic carbocycles. The average Bonchev–Trinajstić information content (AvgIpc) is 2.82. The van der Waals surface area contributed by atoms with Gasteiger partial charge in [0.15, 0.2) is 0 Å². The second-order valence-corrected chi connectivity index (χ2v) is 9.51. The van der Waals surface area contributed by atoms with Crippen LogP contribution in [0.2, 0.25) is 0 Å². The van der Waals surface area contributed by atoms with Gasteiger partial charge in [-0.05, 0) is 51.3 Å². The van der Waals surface area contributed by atoms with E-state index in [1.807, 2.05) is 42.5 Å². The maximum atomic E-state index is 10.2. The molecule has 0 saturated heterocycles. The van der Waals surface area contributed by atoms with Gasteiger partial charge in [-0.1, -0.05) is 32.0 Å². The second-order valence-electron chi connectivity index (χ2n) is 8.35. The van der Waals surface area contributed by atoms with Crippen LogP contribution in [-0.4, -0.2) is 64.8 Å². The van der Waals surface area contributed by atoms with E-state index in [1.165, 1.54) is 11.2 Å². The monoisotopic (exact) mass is 557 g/mol. The summed E-state index contributed by atoms with van der Waals surface area (Å²) < 4.78 is 12.1. The number of hydrogen-bond acceptors (Lipinski definition) is 8. The van der Waals surface area contributed by atoms with Gasteiger partial charge in [-0.3, -0.25) is 0 Å². The van der Waals surface area contributed by atoms with Crippen LogP contribution >= 0.6 is 27.5 Å². The number of benzene rings is 2. The van der Waals surface area contributed by atoms with Crippen LogP contribution in [0.25, 0.3) is 0 Å². The largest absolute Gasteiger partial charge is 0.491 e. The fourth-order valence-electron chi connectivity index (χ4n) is 3.20. The summed E-state index contributed by atoms with van der Waals surface area (Å²) in [6.45, 7) is 4.13. The molecule has 8 nitrogen and oxygen atoms in total. The molecular weight excluding hydrogens is 526 g/mol. The third-order valence-corrected chi connectivity index (χ3v) is 6.39. The van der Waals surface area contributed by atoms with E-state index in [9.17, 15) is 10.2 Å². The molecule has 0 bridgehead atoms. The van der Waals surface area contributed by atoms with Gasteiger partial charge in [0, 0.05) is 11.6 Å². The number of nitrogens with zero attached hydrogens (tertiary/aromatic N) is 1. The van der Waals surface area contributed by atoms with Crippen molar-refractivity contribution in [2.24, 2.45) is 11.6 Å². The van der Waals surface area contributed by atoms with E-state index >= 15 is 0 Å². The van der Waals surface area contributed by atoms with Crippen molar-refractivity contribution in [1.29, 1.82) is 0 Å². The predicted octanol–water partition coefficient (Wildman–Crippen LogP) is 2.46. The van der Waals surface area contributed by atoms with Gasteiger partial charge in [0.1, 0.15) is 36.9 Å². The Labute approximate surface area is 213 Å². The number of aliphatic hydroxyl groups is 3. The zero-order valence-corrected chi connectivity index (χ0v) is 21.7. The van der Waals surface area contributed by atoms with E-state index < -0.39 is 12.2 Å². The van der Waals surface area contributed by atoms with Crippen LogP contribution in [0.4, 0.5) is 0 Å². The van der Waals surface area contributed by atoms with Crippen molar-refractivity contribution >= 4 is 27.5 Å². The Morgan fingerprint density at radius 3 is 2.26 bits per heavy atom. The van der Waals surface area contributed by atoms with Crippen molar-refractivity contribution in [2.75, 3.05) is 32.2 Å². The van der Waals surface area contributed by atoms with E-state index in [0.717, 1.165) is 15.6 Å². The number of halogens is 2. The van der Waals surface area contributed by atoms with Crippen molar-refractivity contribution < 1.29 is 24.8 Å². The van der Waals surface area contributed by atoms with Gasteiger partial charge >= 0.3 is 0 Å². The molecule has 188 valence electrons. The predicted molar refractivity (Wildman–Crippen MR) is 137 cm³/mol. The summed E-state index contributed by atoms with van der Waals surface area (Å²) in [5, 5.41) is 30.1. The maximum Gasteiger partial charge on any atom is 0.133 e. The fraction of sp³-hybridized carbons (Fsp3) is 0.417. The van der Waals surface area contributed by atoms with Gasteiger partial charge in [-0.2, -0.15) is 0 Å². The van der Waals surface area contributed by atoms with Crippen LogP contribution in [0.15, 0.2) is 58.8 Å². The average molecular weight is 559 g/mol. The number of ether oxygens (including phenoxy) is 2. The Bertz CT molecular complexity index is 943. The molecule has 0 radical (unpaired) electrons. The van der Waals surface area contributed by atoms with E-state index in [-0.39, 0.29) is 37.7 Å². The number of hydrogen-bond donors (Lipinski definition) is 5. The molecule has 10 heteroatoms. The summed E-state index contributed by atoms with van der Waals surface area (Å²) in [6, 6.07) is 13.5. The quantitative estimate of drug-likeness (QED) is 0.144. The normalized spacial score (nSPS) is 13.9. The molecule has 2 aromatic rings. The molecule has 0 fully saturated rings. The van der Waals surface area contributed by atoms with Crippen molar-refractivity contribution in [3.05, 3.63) is 70.0 Å². The van der Waals surface area contributed by atoms with E-state index in [4.69, 9.17) is 37.8 Å². The van der Waals surface area contributed by atoms with Crippen molar-refractivity contribution in [1.82, 2.24) is 5.01 Å². The lowest BCUT2D eigenvalue weighted by atomic mass is 9.78. The number of aliphatic hydroxyl groups excluding tert-OH is 3. The molecule has 0 aliphatic carbocycles. The topological polar surface area (TPSA) is 134 Å². The van der Waals surface area contributed by atoms with Crippen LogP contribution in [-0.2, 0) is 5.41 Å². The first-order valence-electron chi connectivity index (χ1n) is 10.7. The Morgan fingerprint density at radius 2 is 1.71 bits per heavy atom. The Balaban J connectivity index is 2.00. The molecule has 0 amide bonds. The SMILES string of the molecule is CC(C)(c1ccc(OCC(O)CN(N)/C(=C\N)CO)cc1)c1ccc(OCC(O)CCl)c(Br)c1. The third kappa shape index (κ3) is 7.76. The van der Waals surface area contributed by atoms with Gasteiger partial charge in [0.05, 0.1) is 29.2 Å². The lowest BCUT2D eigenvalue weighted by Gasteiger charge is -2.27. The first-order valence-corrected chi connectivity index (χ1v) is 12.1. The third-order valence-electron chi connectivity index (χ3n) is 5.41. The van der Waals surface area contributed by atoms with E-state index in [0.29, 0.717) is 17.2 Å². The minimum absolute atomic E-state index is 0.0343. The second kappa shape index (κ2) is 13.2. The summed E-state index contributed by atoms with van der Waals surface area (Å²) in [5.41, 5.74) is 7.54. The van der Waals surface area contributed by atoms with Crippen molar-refractivity contribution in [3.63, 3.8) is 0 Å². The summed E-state index contributed by atoms with van der Waals surface area (Å²) >= 11 is 9.16. The van der Waals surface area contributed by atoms with Gasteiger partial charge in [0.25, 0.3) is 0 Å². The molecule has 2 atom stereocenters. The Morgan fingerprint density at radius 1 is 1.09 bits per heavy atom. The zero-order valence-electron chi connectivity index (χ0n) is 19.3. The molecule has 34 heavy (non-hydrogen) atoms. The molecule has 0 aliphatic rings. The smallest absolute Gasteiger partial charge is 0.133 e. The highest BCUT2D eigenvalue weighted by molar-refractivity contribution is 9.10. The number of hydrazine groups is 1. The minimum atomic E-state index is -0.869. The highest BCUT2D eigenvalue weighted by Crippen LogP contribution is 2.36. The summed E-state index contributed by atoms with van der Waals surface area (Å²) in [7, 11) is 0. The van der Waals surface area contributed by atoms with Crippen LogP contribution in [0.3, 0.4) is 0 Å². The van der Waals surface area contributed by atoms with Gasteiger partial charge in [0.2, 0.25) is 0 Å². The summed E-state index contributed by atoms with van der Waals surface area (Å²) in [5.74, 6) is 7.13. The van der Waals surface area contributed by atoms with Crippen LogP contribution in [0, 0.1) is 0 Å². The molecule has 0 aliphatic heterocycles. The molecule has 2 unspecified atom stereocenters. The van der Waals surface area contributed by atoms with E-state index in [2.05, 4.69) is 29.8 Å². The standard InChI is InChI=1S/C24H33BrClN3O5/c1-24(2,17-5-8-23(22(25)9-17)34-14-19(31)10-26)16-3-6-21(7-4-16)33-15-20(32)12-29(28)18(11-27)13-30/h3-9,11,19-20,30-32H,10,12-15,27-28H2,1-2H3/b18-11-. The Kier molecular flexibility index (Phi) is 10.9. The lowest BCUT2D eigenvalue weighted by molar-refractivity contribution is 0.0745. The van der Waals surface area contributed by atoms with Crippen LogP contribution < -0.4 is 21.1 Å². The summed E-state index contributed by atoms with van der Waals surface area (Å²) in [4.78, 5) is 0. The van der Waals surface area contributed by atoms with Crippen LogP contribution in [0.5, 0.6) is 11.5 Å². The van der Waals surface area contributed by atoms with Crippen LogP contribution in [0.1, 0.15) is 25.0 Å². The highest BCUT2D eigenvalue weighted by atomic mass is 79.9. The van der Waals surface area contributed by atoms with Gasteiger partial charge < -0.3 is 35.5 Å². The van der Waals surface area contributed by atoms with E-state index in [1.54, 1.807) is 0 Å². The number of nitrogens with two attached hydrogens (primary N) is 2. The molecule has 0 saturated carbocycles. The van der Waals surface area contributed by atoms with Crippen molar-refractivity contribution in [3.8, 4) is 11.5 Å². The molecule has 0 aromatic heterocycles. The first-order chi connectivity index (χ1) is 16.1. The molecule has 0 spiro atoms. The maximum absolute atomic E-state index is 10.2. The number of alkyl halides is 1. The zero-order chi connectivity index (χ0) is 25.3. The molecule has 2 rings (SSSR count). The molecular formula is C24H33BrClN3O5. The Hall–Kier alpha value is -2.01. The first kappa shape index (κ1) is 28.2. The molecule has 0 heterocycles. The van der Waals surface area contributed by atoms with Crippen molar-refractivity contribution in [2.45, 2.75) is 31.5 Å². The fourth-order valence-corrected chi connectivity index (χ4v) is 3.78.